The minimum absolute atomic E-state index is 0.187. The maximum atomic E-state index is 13.5. The van der Waals surface area contributed by atoms with E-state index in [0.29, 0.717) is 23.4 Å². The van der Waals surface area contributed by atoms with E-state index in [2.05, 4.69) is 21.6 Å². The summed E-state index contributed by atoms with van der Waals surface area (Å²) in [5.74, 6) is 0.354. The Morgan fingerprint density at radius 1 is 1.08 bits per heavy atom. The topological polar surface area (TPSA) is 118 Å². The molecule has 1 aromatic heterocycles. The van der Waals surface area contributed by atoms with Gasteiger partial charge in [-0.1, -0.05) is 73.5 Å². The fraction of sp³-hybridized carbons (Fsp3) is 0.312. The van der Waals surface area contributed by atoms with E-state index in [1.807, 2.05) is 86.6 Å². The average Bonchev–Trinajstić information content (AvgIpc) is 3.65. The van der Waals surface area contributed by atoms with E-state index in [1.165, 1.54) is 0 Å². The normalized spacial score (nSPS) is 16.7. The van der Waals surface area contributed by atoms with E-state index in [-0.39, 0.29) is 17.8 Å². The zero-order valence-electron chi connectivity index (χ0n) is 22.4. The summed E-state index contributed by atoms with van der Waals surface area (Å²) in [6.07, 6.45) is 3.97. The van der Waals surface area contributed by atoms with Crippen LogP contribution in [0.25, 0.3) is 11.5 Å². The Kier molecular flexibility index (Phi) is 7.32. The van der Waals surface area contributed by atoms with E-state index < -0.39 is 11.0 Å². The van der Waals surface area contributed by atoms with Gasteiger partial charge in [0.15, 0.2) is 0 Å². The minimum Gasteiger partial charge on any atom is -0.419 e. The fourth-order valence-electron chi connectivity index (χ4n) is 5.37. The predicted molar refractivity (Wildman–Crippen MR) is 150 cm³/mol. The first kappa shape index (κ1) is 26.3. The van der Waals surface area contributed by atoms with Gasteiger partial charge in [-0.05, 0) is 68.0 Å². The lowest BCUT2D eigenvalue weighted by atomic mass is 9.79. The molecule has 7 nitrogen and oxygen atoms in total. The fourth-order valence-corrected chi connectivity index (χ4v) is 5.37. The van der Waals surface area contributed by atoms with Crippen LogP contribution in [0.2, 0.25) is 0 Å². The van der Waals surface area contributed by atoms with Crippen molar-refractivity contribution in [3.8, 4) is 17.5 Å². The van der Waals surface area contributed by atoms with Crippen LogP contribution in [0.3, 0.4) is 0 Å². The summed E-state index contributed by atoms with van der Waals surface area (Å²) in [6, 6.07) is 27.6. The van der Waals surface area contributed by atoms with Crippen LogP contribution in [0.4, 0.5) is 0 Å². The molecule has 5 rings (SSSR count). The van der Waals surface area contributed by atoms with E-state index in [9.17, 15) is 10.1 Å². The van der Waals surface area contributed by atoms with Crippen LogP contribution in [0.15, 0.2) is 83.3 Å². The van der Waals surface area contributed by atoms with Gasteiger partial charge in [0.05, 0.1) is 23.1 Å². The Labute approximate surface area is 229 Å². The van der Waals surface area contributed by atoms with Gasteiger partial charge in [0.2, 0.25) is 11.8 Å². The maximum absolute atomic E-state index is 13.5. The van der Waals surface area contributed by atoms with Crippen LogP contribution in [0.1, 0.15) is 78.5 Å². The van der Waals surface area contributed by atoms with Crippen LogP contribution in [0, 0.1) is 11.3 Å². The number of nitrogens with zero attached hydrogens (tertiary/aromatic N) is 3. The standard InChI is InChI=1S/C32H33N5O2/c1-22(24-13-7-4-8-14-24)35-28(38)25-17-26(19-27(18-25)32(21-33)15-9-10-16-32)29-36-37-30(39-29)31(2,34)20-23-11-5-3-6-12-23/h3-8,11-14,17-19,22H,9-10,15-16,20,34H2,1-2H3,(H,35,38)/t22-,31-/m1/s1. The van der Waals surface area contributed by atoms with Gasteiger partial charge >= 0.3 is 0 Å². The third-order valence-electron chi connectivity index (χ3n) is 7.64. The van der Waals surface area contributed by atoms with Crippen LogP contribution in [-0.4, -0.2) is 16.1 Å². The van der Waals surface area contributed by atoms with Crippen LogP contribution >= 0.6 is 0 Å². The molecule has 1 aliphatic rings. The minimum atomic E-state index is -0.880. The van der Waals surface area contributed by atoms with E-state index in [0.717, 1.165) is 42.4 Å². The number of hydrogen-bond donors (Lipinski definition) is 2. The number of nitrogens with one attached hydrogen (secondary N) is 1. The number of carbonyl (C=O) groups is 1. The number of nitrogens with two attached hydrogens (primary N) is 1. The molecule has 3 aromatic carbocycles. The SMILES string of the molecule is C[C@@H](NC(=O)c1cc(-c2nnc([C@](C)(N)Cc3ccccc3)o2)cc(C2(C#N)CCCC2)c1)c1ccccc1. The smallest absolute Gasteiger partial charge is 0.251 e. The molecule has 3 N–H and O–H groups in total. The van der Waals surface area contributed by atoms with Gasteiger partial charge in [-0.3, -0.25) is 4.79 Å². The van der Waals surface area contributed by atoms with Crippen molar-refractivity contribution in [3.63, 3.8) is 0 Å². The van der Waals surface area contributed by atoms with E-state index >= 15 is 0 Å². The predicted octanol–water partition coefficient (Wildman–Crippen LogP) is 5.98. The highest BCUT2D eigenvalue weighted by Crippen LogP contribution is 2.42. The number of hydrogen-bond acceptors (Lipinski definition) is 6. The van der Waals surface area contributed by atoms with Crippen LogP contribution in [0.5, 0.6) is 0 Å². The van der Waals surface area contributed by atoms with Crippen molar-refractivity contribution in [2.45, 2.75) is 62.9 Å². The largest absolute Gasteiger partial charge is 0.419 e. The second kappa shape index (κ2) is 10.8. The van der Waals surface area contributed by atoms with Crippen molar-refractivity contribution in [2.75, 3.05) is 0 Å². The van der Waals surface area contributed by atoms with Gasteiger partial charge in [0, 0.05) is 11.1 Å². The van der Waals surface area contributed by atoms with Gasteiger partial charge in [-0.2, -0.15) is 5.26 Å². The van der Waals surface area contributed by atoms with Crippen molar-refractivity contribution in [3.05, 3.63) is 107 Å². The zero-order valence-corrected chi connectivity index (χ0v) is 22.4. The lowest BCUT2D eigenvalue weighted by Crippen LogP contribution is -2.35. The molecule has 1 heterocycles. The molecule has 0 unspecified atom stereocenters. The molecule has 7 heteroatoms. The molecular weight excluding hydrogens is 486 g/mol. The lowest BCUT2D eigenvalue weighted by molar-refractivity contribution is 0.0939. The summed E-state index contributed by atoms with van der Waals surface area (Å²) in [6.45, 7) is 3.81. The van der Waals surface area contributed by atoms with Crippen molar-refractivity contribution in [1.82, 2.24) is 15.5 Å². The molecule has 0 radical (unpaired) electrons. The van der Waals surface area contributed by atoms with Gasteiger partial charge in [-0.15, -0.1) is 10.2 Å². The highest BCUT2D eigenvalue weighted by molar-refractivity contribution is 5.96. The molecule has 198 valence electrons. The Morgan fingerprint density at radius 2 is 1.74 bits per heavy atom. The molecule has 1 saturated carbocycles. The number of amides is 1. The molecule has 1 fully saturated rings. The summed E-state index contributed by atoms with van der Waals surface area (Å²) in [7, 11) is 0. The number of carbonyl (C=O) groups excluding carboxylic acids is 1. The zero-order chi connectivity index (χ0) is 27.5. The molecule has 0 saturated heterocycles. The lowest BCUT2D eigenvalue weighted by Gasteiger charge is -2.23. The average molecular weight is 520 g/mol. The number of nitriles is 1. The summed E-state index contributed by atoms with van der Waals surface area (Å²) in [4.78, 5) is 13.5. The van der Waals surface area contributed by atoms with Gasteiger partial charge in [0.25, 0.3) is 5.91 Å². The summed E-state index contributed by atoms with van der Waals surface area (Å²) >= 11 is 0. The number of benzene rings is 3. The Balaban J connectivity index is 1.49. The van der Waals surface area contributed by atoms with Gasteiger partial charge < -0.3 is 15.5 Å². The molecule has 1 aliphatic carbocycles. The van der Waals surface area contributed by atoms with Crippen molar-refractivity contribution >= 4 is 5.91 Å². The highest BCUT2D eigenvalue weighted by atomic mass is 16.4. The maximum Gasteiger partial charge on any atom is 0.251 e. The first-order valence-corrected chi connectivity index (χ1v) is 13.4. The van der Waals surface area contributed by atoms with E-state index in [4.69, 9.17) is 10.2 Å². The molecule has 4 aromatic rings. The van der Waals surface area contributed by atoms with E-state index in [1.54, 1.807) is 6.07 Å². The summed E-state index contributed by atoms with van der Waals surface area (Å²) in [5.41, 5.74) is 9.02. The monoisotopic (exact) mass is 519 g/mol. The van der Waals surface area contributed by atoms with Gasteiger partial charge in [0.1, 0.15) is 0 Å². The molecule has 0 aliphatic heterocycles. The van der Waals surface area contributed by atoms with Crippen LogP contribution < -0.4 is 11.1 Å². The highest BCUT2D eigenvalue weighted by Gasteiger charge is 2.37. The molecule has 1 amide bonds. The Morgan fingerprint density at radius 3 is 2.41 bits per heavy atom. The molecule has 0 spiro atoms. The van der Waals surface area contributed by atoms with Crippen molar-refractivity contribution in [2.24, 2.45) is 5.73 Å². The van der Waals surface area contributed by atoms with Crippen molar-refractivity contribution in [1.29, 1.82) is 5.26 Å². The van der Waals surface area contributed by atoms with Crippen molar-refractivity contribution < 1.29 is 9.21 Å². The third-order valence-corrected chi connectivity index (χ3v) is 7.64. The number of rotatable bonds is 8. The first-order chi connectivity index (χ1) is 18.8. The molecule has 2 atom stereocenters. The Bertz CT molecular complexity index is 1480. The molecular formula is C32H33N5O2. The quantitative estimate of drug-likeness (QED) is 0.296. The Hall–Kier alpha value is -4.28. The van der Waals surface area contributed by atoms with Crippen LogP contribution in [-0.2, 0) is 17.4 Å². The summed E-state index contributed by atoms with van der Waals surface area (Å²) in [5, 5.41) is 21.9. The first-order valence-electron chi connectivity index (χ1n) is 13.4. The second-order valence-corrected chi connectivity index (χ2v) is 10.8. The van der Waals surface area contributed by atoms with Gasteiger partial charge in [-0.25, -0.2) is 0 Å². The molecule has 39 heavy (non-hydrogen) atoms. The summed E-state index contributed by atoms with van der Waals surface area (Å²) < 4.78 is 6.11. The second-order valence-electron chi connectivity index (χ2n) is 10.8. The molecule has 0 bridgehead atoms. The number of aromatic nitrogens is 2. The third kappa shape index (κ3) is 5.62.